The fourth-order valence-electron chi connectivity index (χ4n) is 8.00. The summed E-state index contributed by atoms with van der Waals surface area (Å²) in [5.74, 6) is 1.53. The maximum absolute atomic E-state index is 2.54. The van der Waals surface area contributed by atoms with E-state index in [2.05, 4.69) is 145 Å². The minimum atomic E-state index is 0.505. The molecule has 0 bridgehead atoms. The van der Waals surface area contributed by atoms with Gasteiger partial charge in [-0.2, -0.15) is 0 Å². The van der Waals surface area contributed by atoms with Crippen LogP contribution in [0.25, 0.3) is 70.8 Å². The molecule has 0 radical (unpaired) electrons. The summed E-state index contributed by atoms with van der Waals surface area (Å²) in [7, 11) is 0. The fourth-order valence-corrected chi connectivity index (χ4v) is 8.00. The first-order valence-electron chi connectivity index (χ1n) is 16.3. The Morgan fingerprint density at radius 3 is 1.32 bits per heavy atom. The Bertz CT molecular complexity index is 2270. The third-order valence-corrected chi connectivity index (χ3v) is 10.2. The van der Waals surface area contributed by atoms with Crippen LogP contribution in [-0.2, 0) is 0 Å². The second-order valence-electron chi connectivity index (χ2n) is 14.2. The summed E-state index contributed by atoms with van der Waals surface area (Å²) in [6.07, 6.45) is 0. The first kappa shape index (κ1) is 27.2. The van der Waals surface area contributed by atoms with E-state index in [9.17, 15) is 0 Å². The van der Waals surface area contributed by atoms with Gasteiger partial charge in [-0.1, -0.05) is 90.1 Å². The predicted octanol–water partition coefficient (Wildman–Crippen LogP) is 12.8. The largest absolute Gasteiger partial charge is 0.308 e. The van der Waals surface area contributed by atoms with Crippen LogP contribution in [0.4, 0.5) is 0 Å². The molecule has 0 aliphatic carbocycles. The SMILES string of the molecule is Cc1cc(-c2cc3c4cc5cc(C(C)C)ccc5cc4n4c5cc6ccc(C(C)C)cc6cc5c(c2)c34)cc(C)c1C(C)C. The molecule has 0 aliphatic heterocycles. The number of hydrogen-bond acceptors (Lipinski definition) is 0. The summed E-state index contributed by atoms with van der Waals surface area (Å²) in [6, 6.07) is 33.5. The molecule has 8 aromatic rings. The van der Waals surface area contributed by atoms with Gasteiger partial charge in [0.2, 0.25) is 0 Å². The molecule has 0 saturated heterocycles. The number of nitrogens with zero attached hydrogens (tertiary/aromatic N) is 1. The van der Waals surface area contributed by atoms with Crippen molar-refractivity contribution in [2.45, 2.75) is 73.1 Å². The third-order valence-electron chi connectivity index (χ3n) is 10.2. The van der Waals surface area contributed by atoms with Crippen molar-refractivity contribution >= 4 is 59.6 Å². The Morgan fingerprint density at radius 2 is 0.886 bits per heavy atom. The average molecular weight is 572 g/mol. The summed E-state index contributed by atoms with van der Waals surface area (Å²) in [5, 5.41) is 10.6. The predicted molar refractivity (Wildman–Crippen MR) is 193 cm³/mol. The van der Waals surface area contributed by atoms with E-state index in [0.29, 0.717) is 17.8 Å². The van der Waals surface area contributed by atoms with Crippen LogP contribution in [-0.4, -0.2) is 4.40 Å². The Kier molecular flexibility index (Phi) is 5.92. The van der Waals surface area contributed by atoms with E-state index in [-0.39, 0.29) is 0 Å². The van der Waals surface area contributed by atoms with Gasteiger partial charge in [-0.3, -0.25) is 0 Å². The van der Waals surface area contributed by atoms with Crippen LogP contribution < -0.4 is 0 Å². The van der Waals surface area contributed by atoms with Gasteiger partial charge in [0.15, 0.2) is 0 Å². The van der Waals surface area contributed by atoms with Gasteiger partial charge in [0.05, 0.1) is 16.6 Å². The highest BCUT2D eigenvalue weighted by Gasteiger charge is 2.21. The van der Waals surface area contributed by atoms with Crippen molar-refractivity contribution in [3.8, 4) is 11.1 Å². The van der Waals surface area contributed by atoms with Gasteiger partial charge in [-0.25, -0.2) is 0 Å². The highest BCUT2D eigenvalue weighted by Crippen LogP contribution is 2.44. The highest BCUT2D eigenvalue weighted by molar-refractivity contribution is 6.27. The van der Waals surface area contributed by atoms with Gasteiger partial charge < -0.3 is 4.40 Å². The van der Waals surface area contributed by atoms with Crippen molar-refractivity contribution in [3.63, 3.8) is 0 Å². The van der Waals surface area contributed by atoms with Crippen molar-refractivity contribution in [1.82, 2.24) is 4.40 Å². The molecule has 0 amide bonds. The van der Waals surface area contributed by atoms with E-state index >= 15 is 0 Å². The molecule has 1 nitrogen and oxygen atoms in total. The normalized spacial score (nSPS) is 12.7. The van der Waals surface area contributed by atoms with Crippen LogP contribution in [0.1, 0.15) is 87.1 Å². The molecule has 8 rings (SSSR count). The molecule has 0 aliphatic rings. The van der Waals surface area contributed by atoms with Crippen molar-refractivity contribution < 1.29 is 0 Å². The lowest BCUT2D eigenvalue weighted by Crippen LogP contribution is -1.97. The molecule has 218 valence electrons. The molecule has 44 heavy (non-hydrogen) atoms. The zero-order valence-electron chi connectivity index (χ0n) is 27.3. The molecule has 0 atom stereocenters. The van der Waals surface area contributed by atoms with E-state index in [4.69, 9.17) is 0 Å². The monoisotopic (exact) mass is 571 g/mol. The Labute approximate surface area is 260 Å². The topological polar surface area (TPSA) is 4.41 Å². The fraction of sp³-hybridized carbons (Fsp3) is 0.256. The minimum absolute atomic E-state index is 0.505. The number of rotatable bonds is 4. The average Bonchev–Trinajstić information content (AvgIpc) is 3.47. The quantitative estimate of drug-likeness (QED) is 0.198. The summed E-state index contributed by atoms with van der Waals surface area (Å²) in [5.41, 5.74) is 13.6. The number of fused-ring (bicyclic) bond motifs is 8. The summed E-state index contributed by atoms with van der Waals surface area (Å²) >= 11 is 0. The second kappa shape index (κ2) is 9.57. The van der Waals surface area contributed by atoms with E-state index in [0.717, 1.165) is 0 Å². The lowest BCUT2D eigenvalue weighted by Gasteiger charge is -2.16. The van der Waals surface area contributed by atoms with Crippen LogP contribution in [0.5, 0.6) is 0 Å². The molecular weight excluding hydrogens is 530 g/mol. The Morgan fingerprint density at radius 1 is 0.432 bits per heavy atom. The second-order valence-corrected chi connectivity index (χ2v) is 14.2. The maximum Gasteiger partial charge on any atom is 0.0620 e. The van der Waals surface area contributed by atoms with E-state index < -0.39 is 0 Å². The Hall–Kier alpha value is -4.36. The van der Waals surface area contributed by atoms with Gasteiger partial charge >= 0.3 is 0 Å². The summed E-state index contributed by atoms with van der Waals surface area (Å²) < 4.78 is 2.54. The minimum Gasteiger partial charge on any atom is -0.308 e. The highest BCUT2D eigenvalue weighted by atomic mass is 14.9. The van der Waals surface area contributed by atoms with Gasteiger partial charge in [-0.15, -0.1) is 0 Å². The van der Waals surface area contributed by atoms with Crippen molar-refractivity contribution in [1.29, 1.82) is 0 Å². The lowest BCUT2D eigenvalue weighted by atomic mass is 9.89. The smallest absolute Gasteiger partial charge is 0.0620 e. The molecule has 2 aromatic heterocycles. The number of aromatic nitrogens is 1. The van der Waals surface area contributed by atoms with Gasteiger partial charge in [0.1, 0.15) is 0 Å². The molecule has 0 saturated carbocycles. The standard InChI is InChI=1S/C43H41N/c1-23(2)28-9-11-30-21-40-36(17-33(30)15-28)38-19-35(32-13-26(7)42(25(5)6)27(8)14-32)20-39-37-18-34-16-29(24(3)4)10-12-31(34)22-41(37)44(40)43(38)39/h9-25H,1-8H3. The number of hydrogen-bond donors (Lipinski definition) is 0. The zero-order valence-corrected chi connectivity index (χ0v) is 27.3. The van der Waals surface area contributed by atoms with Crippen LogP contribution in [0, 0.1) is 13.8 Å². The van der Waals surface area contributed by atoms with Gasteiger partial charge in [-0.05, 0) is 128 Å². The first-order valence-corrected chi connectivity index (χ1v) is 16.3. The molecule has 0 fully saturated rings. The molecule has 1 heteroatoms. The maximum atomic E-state index is 2.54. The van der Waals surface area contributed by atoms with Gasteiger partial charge in [0, 0.05) is 21.5 Å². The van der Waals surface area contributed by atoms with Crippen LogP contribution in [0.2, 0.25) is 0 Å². The first-order chi connectivity index (χ1) is 21.1. The third kappa shape index (κ3) is 3.91. The summed E-state index contributed by atoms with van der Waals surface area (Å²) in [4.78, 5) is 0. The molecule has 2 heterocycles. The van der Waals surface area contributed by atoms with Gasteiger partial charge in [0.25, 0.3) is 0 Å². The van der Waals surface area contributed by atoms with Crippen molar-refractivity contribution in [2.75, 3.05) is 0 Å². The van der Waals surface area contributed by atoms with Crippen LogP contribution in [0.3, 0.4) is 0 Å². The van der Waals surface area contributed by atoms with E-state index in [1.165, 1.54) is 98.6 Å². The van der Waals surface area contributed by atoms with Crippen molar-refractivity contribution in [3.05, 3.63) is 113 Å². The molecular formula is C43H41N. The zero-order chi connectivity index (χ0) is 30.6. The van der Waals surface area contributed by atoms with Crippen LogP contribution in [0.15, 0.2) is 84.9 Å². The molecule has 0 unspecified atom stereocenters. The molecule has 0 spiro atoms. The lowest BCUT2D eigenvalue weighted by molar-refractivity contribution is 0.846. The van der Waals surface area contributed by atoms with E-state index in [1.54, 1.807) is 0 Å². The number of aryl methyl sites for hydroxylation is 2. The Balaban J connectivity index is 1.52. The summed E-state index contributed by atoms with van der Waals surface area (Å²) in [6.45, 7) is 18.3. The van der Waals surface area contributed by atoms with Crippen molar-refractivity contribution in [2.24, 2.45) is 0 Å². The molecule has 6 aromatic carbocycles. The van der Waals surface area contributed by atoms with E-state index in [1.807, 2.05) is 0 Å². The number of benzene rings is 6. The molecule has 0 N–H and O–H groups in total. The van der Waals surface area contributed by atoms with Crippen LogP contribution >= 0.6 is 0 Å².